The van der Waals surface area contributed by atoms with Crippen LogP contribution in [0.5, 0.6) is 0 Å². The van der Waals surface area contributed by atoms with Crippen molar-refractivity contribution < 1.29 is 13.2 Å². The Hall–Kier alpha value is -1.49. The number of hydrogen-bond donors (Lipinski definition) is 1. The third kappa shape index (κ3) is 4.81. The van der Waals surface area contributed by atoms with Gasteiger partial charge in [-0.05, 0) is 59.0 Å². The molecule has 2 aromatic carbocycles. The Balaban J connectivity index is 1.52. The van der Waals surface area contributed by atoms with E-state index in [-0.39, 0.29) is 12.5 Å². The summed E-state index contributed by atoms with van der Waals surface area (Å²) in [5.74, 6) is -0.0921. The number of anilines is 1. The first-order valence-electron chi connectivity index (χ1n) is 8.28. The maximum absolute atomic E-state index is 12.6. The molecule has 1 aliphatic rings. The lowest BCUT2D eigenvalue weighted by Gasteiger charge is -2.33. The molecule has 1 aliphatic heterocycles. The lowest BCUT2D eigenvalue weighted by atomic mass is 10.3. The van der Waals surface area contributed by atoms with E-state index in [0.29, 0.717) is 31.1 Å². The van der Waals surface area contributed by atoms with Crippen LogP contribution in [0.3, 0.4) is 0 Å². The molecule has 0 unspecified atom stereocenters. The molecule has 0 aliphatic carbocycles. The third-order valence-electron chi connectivity index (χ3n) is 4.21. The molecule has 1 N–H and O–H groups in total. The number of nitrogens with zero attached hydrogens (tertiary/aromatic N) is 2. The first kappa shape index (κ1) is 19.3. The maximum atomic E-state index is 12.6. The molecule has 0 saturated carbocycles. The smallest absolute Gasteiger partial charge is 0.243 e. The van der Waals surface area contributed by atoms with Gasteiger partial charge in [-0.25, -0.2) is 8.42 Å². The van der Waals surface area contributed by atoms with Crippen molar-refractivity contribution in [2.24, 2.45) is 0 Å². The van der Waals surface area contributed by atoms with E-state index in [1.165, 1.54) is 4.31 Å². The fourth-order valence-electron chi connectivity index (χ4n) is 2.81. The lowest BCUT2D eigenvalue weighted by Crippen LogP contribution is -2.50. The van der Waals surface area contributed by atoms with Gasteiger partial charge in [0.2, 0.25) is 15.9 Å². The van der Waals surface area contributed by atoms with E-state index in [2.05, 4.69) is 27.9 Å². The van der Waals surface area contributed by atoms with Crippen molar-refractivity contribution in [3.05, 3.63) is 58.2 Å². The van der Waals surface area contributed by atoms with Crippen LogP contribution in [0.25, 0.3) is 0 Å². The van der Waals surface area contributed by atoms with Gasteiger partial charge in [0.1, 0.15) is 0 Å². The summed E-state index contributed by atoms with van der Waals surface area (Å²) >= 11 is 2.21. The number of carbonyl (C=O) groups is 1. The summed E-state index contributed by atoms with van der Waals surface area (Å²) in [5, 5.41) is 2.87. The van der Waals surface area contributed by atoms with Crippen molar-refractivity contribution in [2.75, 3.05) is 38.0 Å². The molecule has 0 radical (unpaired) electrons. The van der Waals surface area contributed by atoms with Crippen LogP contribution >= 0.6 is 22.6 Å². The number of sulfonamides is 1. The van der Waals surface area contributed by atoms with Crippen molar-refractivity contribution in [3.8, 4) is 0 Å². The van der Waals surface area contributed by atoms with Gasteiger partial charge >= 0.3 is 0 Å². The first-order valence-corrected chi connectivity index (χ1v) is 10.8. The van der Waals surface area contributed by atoms with Gasteiger partial charge in [0, 0.05) is 35.4 Å². The Bertz CT molecular complexity index is 849. The normalized spacial score (nSPS) is 16.3. The number of halogens is 1. The summed E-state index contributed by atoms with van der Waals surface area (Å²) in [6.07, 6.45) is 0. The Labute approximate surface area is 167 Å². The molecule has 2 aromatic rings. The van der Waals surface area contributed by atoms with E-state index >= 15 is 0 Å². The lowest BCUT2D eigenvalue weighted by molar-refractivity contribution is -0.117. The molecule has 8 heteroatoms. The number of amides is 1. The van der Waals surface area contributed by atoms with E-state index in [9.17, 15) is 13.2 Å². The molecule has 26 heavy (non-hydrogen) atoms. The second-order valence-electron chi connectivity index (χ2n) is 6.05. The zero-order valence-electron chi connectivity index (χ0n) is 14.1. The van der Waals surface area contributed by atoms with Crippen LogP contribution in [0.1, 0.15) is 0 Å². The molecular weight excluding hydrogens is 465 g/mol. The van der Waals surface area contributed by atoms with E-state index in [4.69, 9.17) is 0 Å². The molecular formula is C18H20IN3O3S. The maximum Gasteiger partial charge on any atom is 0.243 e. The molecule has 0 spiro atoms. The van der Waals surface area contributed by atoms with Crippen molar-refractivity contribution >= 4 is 44.2 Å². The summed E-state index contributed by atoms with van der Waals surface area (Å²) in [7, 11) is -3.46. The van der Waals surface area contributed by atoms with Crippen molar-refractivity contribution in [1.29, 1.82) is 0 Å². The topological polar surface area (TPSA) is 69.7 Å². The molecule has 0 aromatic heterocycles. The molecule has 1 amide bonds. The van der Waals surface area contributed by atoms with Crippen molar-refractivity contribution in [1.82, 2.24) is 9.21 Å². The zero-order valence-corrected chi connectivity index (χ0v) is 17.1. The van der Waals surface area contributed by atoms with Gasteiger partial charge < -0.3 is 5.32 Å². The van der Waals surface area contributed by atoms with Gasteiger partial charge in [0.15, 0.2) is 0 Å². The summed E-state index contributed by atoms with van der Waals surface area (Å²) < 4.78 is 27.8. The number of nitrogens with one attached hydrogen (secondary N) is 1. The van der Waals surface area contributed by atoms with Gasteiger partial charge in [0.25, 0.3) is 0 Å². The van der Waals surface area contributed by atoms with Gasteiger partial charge in [-0.15, -0.1) is 0 Å². The fourth-order valence-corrected chi connectivity index (χ4v) is 4.61. The van der Waals surface area contributed by atoms with Crippen LogP contribution in [0.2, 0.25) is 0 Å². The minimum absolute atomic E-state index is 0.0921. The van der Waals surface area contributed by atoms with Gasteiger partial charge in [-0.2, -0.15) is 4.31 Å². The summed E-state index contributed by atoms with van der Waals surface area (Å²) in [6, 6.07) is 16.0. The average molecular weight is 485 g/mol. The molecule has 6 nitrogen and oxygen atoms in total. The minimum atomic E-state index is -3.46. The molecule has 138 valence electrons. The third-order valence-corrected chi connectivity index (χ3v) is 6.84. The first-order chi connectivity index (χ1) is 12.4. The molecule has 1 saturated heterocycles. The van der Waals surface area contributed by atoms with Crippen LogP contribution in [0.4, 0.5) is 5.69 Å². The quantitative estimate of drug-likeness (QED) is 0.660. The Morgan fingerprint density at radius 2 is 1.58 bits per heavy atom. The predicted molar refractivity (Wildman–Crippen MR) is 109 cm³/mol. The highest BCUT2D eigenvalue weighted by molar-refractivity contribution is 14.1. The molecule has 3 rings (SSSR count). The number of rotatable bonds is 5. The standard InChI is InChI=1S/C18H20IN3O3S/c19-15-6-8-16(9-7-15)20-18(23)14-21-10-12-22(13-11-21)26(24,25)17-4-2-1-3-5-17/h1-9H,10-14H2,(H,20,23). The number of benzene rings is 2. The SMILES string of the molecule is O=C(CN1CCN(S(=O)(=O)c2ccccc2)CC1)Nc1ccc(I)cc1. The Morgan fingerprint density at radius 1 is 0.962 bits per heavy atom. The number of piperazine rings is 1. The van der Waals surface area contributed by atoms with Crippen LogP contribution in [-0.2, 0) is 14.8 Å². The fraction of sp³-hybridized carbons (Fsp3) is 0.278. The van der Waals surface area contributed by atoms with Gasteiger partial charge in [0.05, 0.1) is 11.4 Å². The van der Waals surface area contributed by atoms with E-state index in [0.717, 1.165) is 9.26 Å². The highest BCUT2D eigenvalue weighted by atomic mass is 127. The highest BCUT2D eigenvalue weighted by Crippen LogP contribution is 2.17. The zero-order chi connectivity index (χ0) is 18.6. The van der Waals surface area contributed by atoms with Crippen molar-refractivity contribution in [2.45, 2.75) is 4.90 Å². The number of hydrogen-bond acceptors (Lipinski definition) is 4. The van der Waals surface area contributed by atoms with Crippen LogP contribution < -0.4 is 5.32 Å². The highest BCUT2D eigenvalue weighted by Gasteiger charge is 2.28. The second kappa shape index (κ2) is 8.47. The average Bonchev–Trinajstić information content (AvgIpc) is 2.65. The van der Waals surface area contributed by atoms with Crippen LogP contribution in [0, 0.1) is 3.57 Å². The summed E-state index contributed by atoms with van der Waals surface area (Å²) in [4.78, 5) is 14.5. The van der Waals surface area contributed by atoms with Crippen LogP contribution in [-0.4, -0.2) is 56.3 Å². The minimum Gasteiger partial charge on any atom is -0.325 e. The largest absolute Gasteiger partial charge is 0.325 e. The van der Waals surface area contributed by atoms with Gasteiger partial charge in [-0.3, -0.25) is 9.69 Å². The molecule has 1 heterocycles. The number of carbonyl (C=O) groups excluding carboxylic acids is 1. The van der Waals surface area contributed by atoms with E-state index in [1.807, 2.05) is 29.2 Å². The van der Waals surface area contributed by atoms with E-state index in [1.54, 1.807) is 30.3 Å². The van der Waals surface area contributed by atoms with Crippen molar-refractivity contribution in [3.63, 3.8) is 0 Å². The Morgan fingerprint density at radius 3 is 2.19 bits per heavy atom. The van der Waals surface area contributed by atoms with Gasteiger partial charge in [-0.1, -0.05) is 18.2 Å². The molecule has 0 bridgehead atoms. The Kier molecular flexibility index (Phi) is 6.28. The molecule has 1 fully saturated rings. The molecule has 0 atom stereocenters. The van der Waals surface area contributed by atoms with Crippen LogP contribution in [0.15, 0.2) is 59.5 Å². The monoisotopic (exact) mass is 485 g/mol. The van der Waals surface area contributed by atoms with E-state index < -0.39 is 10.0 Å². The predicted octanol–water partition coefficient (Wildman–Crippen LogP) is 2.24. The summed E-state index contributed by atoms with van der Waals surface area (Å²) in [5.41, 5.74) is 0.765. The summed E-state index contributed by atoms with van der Waals surface area (Å²) in [6.45, 7) is 2.09. The second-order valence-corrected chi connectivity index (χ2v) is 9.23.